The Bertz CT molecular complexity index is 618. The lowest BCUT2D eigenvalue weighted by molar-refractivity contribution is 0.128. The highest BCUT2D eigenvalue weighted by atomic mass is 19.2. The van der Waals surface area contributed by atoms with Crippen LogP contribution >= 0.6 is 0 Å². The molecule has 0 unspecified atom stereocenters. The molecule has 3 fully saturated rings. The first kappa shape index (κ1) is 15.9. The molecule has 0 aliphatic carbocycles. The average molecular weight is 330 g/mol. The van der Waals surface area contributed by atoms with Crippen LogP contribution in [-0.4, -0.2) is 55.2 Å². The van der Waals surface area contributed by atoms with Gasteiger partial charge in [-0.15, -0.1) is 0 Å². The molecule has 3 saturated heterocycles. The molecule has 0 radical (unpaired) electrons. The van der Waals surface area contributed by atoms with Gasteiger partial charge in [-0.3, -0.25) is 0 Å². The number of piperidine rings is 1. The fraction of sp³-hybridized carbons (Fsp3) is 0.533. The van der Waals surface area contributed by atoms with E-state index in [1.165, 1.54) is 4.90 Å². The molecular formula is C15H17F3N2O3. The van der Waals surface area contributed by atoms with Crippen molar-refractivity contribution in [1.82, 2.24) is 9.80 Å². The molecule has 4 rings (SSSR count). The minimum Gasteiger partial charge on any atom is -0.491 e. The van der Waals surface area contributed by atoms with Crippen LogP contribution in [0.3, 0.4) is 0 Å². The van der Waals surface area contributed by atoms with Gasteiger partial charge in [-0.2, -0.15) is 8.78 Å². The summed E-state index contributed by atoms with van der Waals surface area (Å²) in [6, 6.07) is 0.630. The topological polar surface area (TPSA) is 42.0 Å². The summed E-state index contributed by atoms with van der Waals surface area (Å²) in [6.45, 7) is 2.95. The van der Waals surface area contributed by atoms with Gasteiger partial charge in [0.25, 0.3) is 0 Å². The minimum absolute atomic E-state index is 0.0113. The quantitative estimate of drug-likeness (QED) is 0.781. The van der Waals surface area contributed by atoms with Crippen molar-refractivity contribution < 1.29 is 27.4 Å². The van der Waals surface area contributed by atoms with Crippen LogP contribution in [0.4, 0.5) is 18.0 Å². The van der Waals surface area contributed by atoms with E-state index in [9.17, 15) is 18.0 Å². The monoisotopic (exact) mass is 330 g/mol. The third kappa shape index (κ3) is 2.95. The Labute approximate surface area is 131 Å². The van der Waals surface area contributed by atoms with Gasteiger partial charge in [0.1, 0.15) is 0 Å². The fourth-order valence-corrected chi connectivity index (χ4v) is 3.10. The maximum absolute atomic E-state index is 13.9. The lowest BCUT2D eigenvalue weighted by Gasteiger charge is -2.30. The Morgan fingerprint density at radius 2 is 1.83 bits per heavy atom. The number of hydrogen-bond donors (Lipinski definition) is 0. The first-order chi connectivity index (χ1) is 11.0. The third-order valence-electron chi connectivity index (χ3n) is 4.37. The molecule has 23 heavy (non-hydrogen) atoms. The second-order valence-electron chi connectivity index (χ2n) is 5.65. The van der Waals surface area contributed by atoms with E-state index in [0.717, 1.165) is 33.0 Å². The second kappa shape index (κ2) is 6.27. The van der Waals surface area contributed by atoms with Gasteiger partial charge in [-0.25, -0.2) is 9.18 Å². The zero-order chi connectivity index (χ0) is 16.6. The maximum Gasteiger partial charge on any atom is 0.415 e. The number of halogens is 3. The number of ether oxygens (including phenoxy) is 2. The van der Waals surface area contributed by atoms with E-state index in [1.54, 1.807) is 0 Å². The molecule has 0 saturated carbocycles. The first-order valence-electron chi connectivity index (χ1n) is 7.43. The van der Waals surface area contributed by atoms with E-state index in [0.29, 0.717) is 19.2 Å². The maximum atomic E-state index is 13.9. The van der Waals surface area contributed by atoms with Crippen molar-refractivity contribution in [3.05, 3.63) is 23.5 Å². The number of hydrogen-bond acceptors (Lipinski definition) is 4. The third-order valence-corrected chi connectivity index (χ3v) is 4.37. The fourth-order valence-electron chi connectivity index (χ4n) is 3.10. The summed E-state index contributed by atoms with van der Waals surface area (Å²) in [5, 5.41) is 0. The van der Waals surface area contributed by atoms with Crippen molar-refractivity contribution in [2.75, 3.05) is 33.3 Å². The Kier molecular flexibility index (Phi) is 4.34. The van der Waals surface area contributed by atoms with E-state index < -0.39 is 35.0 Å². The molecule has 1 amide bonds. The van der Waals surface area contributed by atoms with Crippen LogP contribution in [0.15, 0.2) is 6.07 Å². The van der Waals surface area contributed by atoms with Gasteiger partial charge in [-0.1, -0.05) is 0 Å². The molecule has 0 spiro atoms. The van der Waals surface area contributed by atoms with Gasteiger partial charge >= 0.3 is 6.09 Å². The number of amides is 1. The van der Waals surface area contributed by atoms with Crippen molar-refractivity contribution in [2.24, 2.45) is 0 Å². The zero-order valence-corrected chi connectivity index (χ0v) is 12.7. The predicted molar refractivity (Wildman–Crippen MR) is 75.1 cm³/mol. The molecule has 8 heteroatoms. The molecule has 0 aromatic heterocycles. The highest BCUT2D eigenvalue weighted by Crippen LogP contribution is 2.31. The molecule has 0 N–H and O–H groups in total. The SMILES string of the molecule is COc1c(F)cc(OC(=O)N2CCN3CCC2CC3)c(F)c1F. The van der Waals surface area contributed by atoms with Crippen LogP contribution in [0.1, 0.15) is 12.8 Å². The standard InChI is InChI=1S/C15H17F3N2O3/c1-22-14-10(16)8-11(12(17)13(14)18)23-15(21)20-7-6-19-4-2-9(20)3-5-19/h8-9H,2-7H2,1H3. The lowest BCUT2D eigenvalue weighted by atomic mass is 10.1. The number of rotatable bonds is 2. The highest BCUT2D eigenvalue weighted by molar-refractivity contribution is 5.71. The van der Waals surface area contributed by atoms with Crippen LogP contribution < -0.4 is 9.47 Å². The number of fused-ring (bicyclic) bond motifs is 4. The van der Waals surface area contributed by atoms with Gasteiger partial charge in [0.2, 0.25) is 11.6 Å². The number of benzene rings is 1. The smallest absolute Gasteiger partial charge is 0.415 e. The molecule has 0 atom stereocenters. The number of carbonyl (C=O) groups excluding carboxylic acids is 1. The number of carbonyl (C=O) groups is 1. The molecular weight excluding hydrogens is 313 g/mol. The van der Waals surface area contributed by atoms with Crippen molar-refractivity contribution in [3.8, 4) is 11.5 Å². The van der Waals surface area contributed by atoms with Gasteiger partial charge < -0.3 is 19.3 Å². The average Bonchev–Trinajstić information content (AvgIpc) is 2.86. The lowest BCUT2D eigenvalue weighted by Crippen LogP contribution is -2.43. The molecule has 126 valence electrons. The predicted octanol–water partition coefficient (Wildman–Crippen LogP) is 2.39. The summed E-state index contributed by atoms with van der Waals surface area (Å²) in [5.41, 5.74) is 0. The second-order valence-corrected chi connectivity index (χ2v) is 5.65. The Morgan fingerprint density at radius 3 is 2.48 bits per heavy atom. The molecule has 3 aliphatic heterocycles. The van der Waals surface area contributed by atoms with E-state index in [-0.39, 0.29) is 6.04 Å². The number of nitrogens with zero attached hydrogens (tertiary/aromatic N) is 2. The Balaban J connectivity index is 1.80. The van der Waals surface area contributed by atoms with Gasteiger partial charge in [-0.05, 0) is 12.8 Å². The summed E-state index contributed by atoms with van der Waals surface area (Å²) in [5.74, 6) is -5.71. The van der Waals surface area contributed by atoms with E-state index in [2.05, 4.69) is 9.64 Å². The summed E-state index contributed by atoms with van der Waals surface area (Å²) in [4.78, 5) is 16.0. The van der Waals surface area contributed by atoms with Gasteiger partial charge in [0, 0.05) is 38.3 Å². The zero-order valence-electron chi connectivity index (χ0n) is 12.7. The minimum atomic E-state index is -1.52. The molecule has 2 bridgehead atoms. The molecule has 5 nitrogen and oxygen atoms in total. The van der Waals surface area contributed by atoms with Crippen molar-refractivity contribution in [2.45, 2.75) is 18.9 Å². The highest BCUT2D eigenvalue weighted by Gasteiger charge is 2.33. The van der Waals surface area contributed by atoms with Gasteiger partial charge in [0.15, 0.2) is 17.3 Å². The van der Waals surface area contributed by atoms with Crippen LogP contribution in [0.25, 0.3) is 0 Å². The van der Waals surface area contributed by atoms with E-state index in [4.69, 9.17) is 4.74 Å². The van der Waals surface area contributed by atoms with Crippen molar-refractivity contribution in [1.29, 1.82) is 0 Å². The molecule has 1 aromatic carbocycles. The largest absolute Gasteiger partial charge is 0.491 e. The summed E-state index contributed by atoms with van der Waals surface area (Å²) >= 11 is 0. The molecule has 1 aromatic rings. The van der Waals surface area contributed by atoms with Crippen LogP contribution in [-0.2, 0) is 0 Å². The Hall–Kier alpha value is -1.96. The molecule has 3 heterocycles. The first-order valence-corrected chi connectivity index (χ1v) is 7.43. The van der Waals surface area contributed by atoms with Crippen molar-refractivity contribution in [3.63, 3.8) is 0 Å². The number of methoxy groups -OCH3 is 1. The summed E-state index contributed by atoms with van der Waals surface area (Å²) in [7, 11) is 1.02. The van der Waals surface area contributed by atoms with E-state index >= 15 is 0 Å². The van der Waals surface area contributed by atoms with Crippen LogP contribution in [0.5, 0.6) is 11.5 Å². The van der Waals surface area contributed by atoms with E-state index in [1.807, 2.05) is 0 Å². The summed E-state index contributed by atoms with van der Waals surface area (Å²) < 4.78 is 50.6. The van der Waals surface area contributed by atoms with Crippen LogP contribution in [0.2, 0.25) is 0 Å². The van der Waals surface area contributed by atoms with Gasteiger partial charge in [0.05, 0.1) is 7.11 Å². The Morgan fingerprint density at radius 1 is 1.13 bits per heavy atom. The summed E-state index contributed by atoms with van der Waals surface area (Å²) in [6.07, 6.45) is 0.827. The van der Waals surface area contributed by atoms with Crippen molar-refractivity contribution >= 4 is 6.09 Å². The normalized spacial score (nSPS) is 23.6. The van der Waals surface area contributed by atoms with Crippen LogP contribution in [0, 0.1) is 17.5 Å². The molecule has 3 aliphatic rings.